The zero-order valence-electron chi connectivity index (χ0n) is 16.2. The van der Waals surface area contributed by atoms with Crippen LogP contribution in [0.1, 0.15) is 41.0 Å². The van der Waals surface area contributed by atoms with Gasteiger partial charge in [0.1, 0.15) is 0 Å². The summed E-state index contributed by atoms with van der Waals surface area (Å²) in [7, 11) is -0.304. The smallest absolute Gasteiger partial charge is 0.405 e. The molecule has 2 aliphatic heterocycles. The first-order valence-electron chi connectivity index (χ1n) is 9.42. The number of hydrogen-bond donors (Lipinski definition) is 2. The second-order valence-electron chi connectivity index (χ2n) is 8.16. The first-order chi connectivity index (χ1) is 12.3. The van der Waals surface area contributed by atoms with Crippen molar-refractivity contribution in [1.82, 2.24) is 0 Å². The molecule has 0 spiro atoms. The molecule has 0 unspecified atom stereocenters. The predicted molar refractivity (Wildman–Crippen MR) is 111 cm³/mol. The van der Waals surface area contributed by atoms with Crippen LogP contribution in [-0.2, 0) is 9.31 Å². The maximum atomic E-state index is 6.24. The number of nitrogens with one attached hydrogen (secondary N) is 2. The molecule has 0 aliphatic carbocycles. The fraction of sp³-hybridized carbons (Fsp3) is 0.400. The van der Waals surface area contributed by atoms with Crippen molar-refractivity contribution in [2.24, 2.45) is 0 Å². The summed E-state index contributed by atoms with van der Waals surface area (Å²) in [6.45, 7) is 10.5. The molecular formula is C20H26B2N2O2. The van der Waals surface area contributed by atoms with Crippen molar-refractivity contribution in [2.45, 2.75) is 52.2 Å². The van der Waals surface area contributed by atoms with Crippen LogP contribution in [0.5, 0.6) is 0 Å². The van der Waals surface area contributed by atoms with Crippen molar-refractivity contribution in [1.29, 1.82) is 0 Å². The topological polar surface area (TPSA) is 42.5 Å². The molecule has 2 aliphatic rings. The molecule has 0 atom stereocenters. The molecule has 26 heavy (non-hydrogen) atoms. The Kier molecular flexibility index (Phi) is 4.08. The van der Waals surface area contributed by atoms with Crippen LogP contribution in [0.3, 0.4) is 0 Å². The minimum Gasteiger partial charge on any atom is -0.405 e. The molecule has 4 nitrogen and oxygen atoms in total. The van der Waals surface area contributed by atoms with Gasteiger partial charge in [0.25, 0.3) is 0 Å². The van der Waals surface area contributed by atoms with Crippen LogP contribution in [0.2, 0.25) is 0 Å². The number of benzene rings is 2. The zero-order valence-corrected chi connectivity index (χ0v) is 16.2. The third-order valence-corrected chi connectivity index (χ3v) is 5.87. The molecule has 6 heteroatoms. The van der Waals surface area contributed by atoms with E-state index in [1.54, 1.807) is 0 Å². The highest BCUT2D eigenvalue weighted by Gasteiger charge is 2.52. The molecule has 0 aromatic heterocycles. The van der Waals surface area contributed by atoms with E-state index in [9.17, 15) is 0 Å². The van der Waals surface area contributed by atoms with E-state index in [1.165, 1.54) is 10.8 Å². The van der Waals surface area contributed by atoms with E-state index in [0.717, 1.165) is 23.3 Å². The quantitative estimate of drug-likeness (QED) is 0.791. The summed E-state index contributed by atoms with van der Waals surface area (Å²) in [4.78, 5) is 0. The monoisotopic (exact) mass is 348 g/mol. The number of hydrogen-bond acceptors (Lipinski definition) is 4. The van der Waals surface area contributed by atoms with Crippen LogP contribution in [0.15, 0.2) is 47.8 Å². The van der Waals surface area contributed by atoms with E-state index in [-0.39, 0.29) is 25.3 Å². The van der Waals surface area contributed by atoms with Gasteiger partial charge in [-0.2, -0.15) is 0 Å². The molecular weight excluding hydrogens is 322 g/mol. The Morgan fingerprint density at radius 3 is 2.00 bits per heavy atom. The Balaban J connectivity index is 1.62. The molecule has 2 aromatic carbocycles. The van der Waals surface area contributed by atoms with Crippen molar-refractivity contribution in [3.63, 3.8) is 0 Å². The Hall–Kier alpha value is -1.91. The summed E-state index contributed by atoms with van der Waals surface area (Å²) >= 11 is 0. The molecule has 2 aromatic rings. The summed E-state index contributed by atoms with van der Waals surface area (Å²) in [6.07, 6.45) is 0.878. The van der Waals surface area contributed by atoms with Gasteiger partial charge in [-0.05, 0) is 57.1 Å². The van der Waals surface area contributed by atoms with Gasteiger partial charge in [0.2, 0.25) is 0 Å². The highest BCUT2D eigenvalue weighted by molar-refractivity contribution is 6.74. The number of allylic oxidation sites excluding steroid dienone is 1. The Morgan fingerprint density at radius 2 is 1.50 bits per heavy atom. The Labute approximate surface area is 156 Å². The van der Waals surface area contributed by atoms with Crippen LogP contribution in [0, 0.1) is 0 Å². The first-order valence-corrected chi connectivity index (χ1v) is 9.42. The molecule has 0 amide bonds. The summed E-state index contributed by atoms with van der Waals surface area (Å²) in [5.41, 5.74) is 2.82. The highest BCUT2D eigenvalue weighted by Crippen LogP contribution is 2.39. The summed E-state index contributed by atoms with van der Waals surface area (Å²) in [5.74, 6) is 2.21. The fourth-order valence-corrected chi connectivity index (χ4v) is 3.61. The average Bonchev–Trinajstić information content (AvgIpc) is 2.81. The fourth-order valence-electron chi connectivity index (χ4n) is 3.61. The standard InChI is InChI=1S/C20H26B2N2O2/c1-6-15(22-25-19(2,3)20(4,5)26-22)13-21-23-16-11-7-9-14-10-8-12-17(24-21)18(14)16/h7-13,23-24H,6H2,1-5H3/b15-13-. The van der Waals surface area contributed by atoms with Gasteiger partial charge in [-0.3, -0.25) is 0 Å². The second-order valence-corrected chi connectivity index (χ2v) is 8.16. The maximum absolute atomic E-state index is 6.24. The van der Waals surface area contributed by atoms with E-state index in [0.29, 0.717) is 0 Å². The summed E-state index contributed by atoms with van der Waals surface area (Å²) < 4.78 is 12.5. The molecule has 1 fully saturated rings. The minimum absolute atomic E-state index is 0.00414. The molecule has 134 valence electrons. The third-order valence-electron chi connectivity index (χ3n) is 5.87. The lowest BCUT2D eigenvalue weighted by molar-refractivity contribution is 0.00578. The molecule has 2 N–H and O–H groups in total. The van der Waals surface area contributed by atoms with Crippen molar-refractivity contribution in [3.05, 3.63) is 47.8 Å². The lowest BCUT2D eigenvalue weighted by Gasteiger charge is -2.32. The first kappa shape index (κ1) is 17.5. The van der Waals surface area contributed by atoms with Gasteiger partial charge in [0.15, 0.2) is 0 Å². The van der Waals surface area contributed by atoms with E-state index in [1.807, 2.05) is 0 Å². The lowest BCUT2D eigenvalue weighted by Crippen LogP contribution is -2.41. The highest BCUT2D eigenvalue weighted by atomic mass is 16.7. The van der Waals surface area contributed by atoms with Crippen molar-refractivity contribution < 1.29 is 9.31 Å². The summed E-state index contributed by atoms with van der Waals surface area (Å²) in [5, 5.41) is 9.67. The van der Waals surface area contributed by atoms with Gasteiger partial charge in [0, 0.05) is 16.8 Å². The van der Waals surface area contributed by atoms with Crippen LogP contribution < -0.4 is 10.5 Å². The third kappa shape index (κ3) is 2.81. The Morgan fingerprint density at radius 1 is 0.962 bits per heavy atom. The normalized spacial score (nSPS) is 20.9. The van der Waals surface area contributed by atoms with E-state index in [2.05, 4.69) is 87.4 Å². The predicted octanol–water partition coefficient (Wildman–Crippen LogP) is 4.67. The van der Waals surface area contributed by atoms with Crippen LogP contribution in [-0.4, -0.2) is 25.3 Å². The van der Waals surface area contributed by atoms with Crippen molar-refractivity contribution >= 4 is 36.2 Å². The lowest BCUT2D eigenvalue weighted by atomic mass is 9.64. The van der Waals surface area contributed by atoms with Gasteiger partial charge in [-0.15, -0.1) is 0 Å². The average molecular weight is 348 g/mol. The molecule has 0 saturated carbocycles. The van der Waals surface area contributed by atoms with Crippen molar-refractivity contribution in [3.8, 4) is 0 Å². The van der Waals surface area contributed by atoms with Gasteiger partial charge < -0.3 is 19.8 Å². The van der Waals surface area contributed by atoms with Gasteiger partial charge >= 0.3 is 14.1 Å². The number of anilines is 2. The molecule has 2 heterocycles. The molecule has 0 bridgehead atoms. The van der Waals surface area contributed by atoms with Crippen LogP contribution in [0.25, 0.3) is 10.8 Å². The van der Waals surface area contributed by atoms with E-state index < -0.39 is 0 Å². The van der Waals surface area contributed by atoms with Gasteiger partial charge in [-0.25, -0.2) is 0 Å². The molecule has 4 rings (SSSR count). The van der Waals surface area contributed by atoms with E-state index >= 15 is 0 Å². The minimum atomic E-state index is -0.322. The van der Waals surface area contributed by atoms with E-state index in [4.69, 9.17) is 9.31 Å². The molecule has 0 radical (unpaired) electrons. The Bertz CT molecular complexity index is 822. The maximum Gasteiger partial charge on any atom is 0.489 e. The largest absolute Gasteiger partial charge is 0.489 e. The van der Waals surface area contributed by atoms with Crippen LogP contribution in [0.4, 0.5) is 11.4 Å². The summed E-state index contributed by atoms with van der Waals surface area (Å²) in [6, 6.07) is 12.7. The second kappa shape index (κ2) is 6.07. The van der Waals surface area contributed by atoms with Gasteiger partial charge in [-0.1, -0.05) is 37.2 Å². The molecule has 1 saturated heterocycles. The van der Waals surface area contributed by atoms with Crippen LogP contribution >= 0.6 is 0 Å². The van der Waals surface area contributed by atoms with Crippen molar-refractivity contribution in [2.75, 3.05) is 10.5 Å². The SMILES string of the molecule is CC/C(=C/B1Nc2cccc3cccc(c23)N1)B1OC(C)(C)C(C)(C)O1. The number of rotatable bonds is 3. The van der Waals surface area contributed by atoms with Gasteiger partial charge in [0.05, 0.1) is 11.2 Å². The zero-order chi connectivity index (χ0) is 18.5.